The van der Waals surface area contributed by atoms with E-state index in [4.69, 9.17) is 42.1 Å². The average molecular weight is 670 g/mol. The number of benzene rings is 2. The number of sulfonamides is 1. The van der Waals surface area contributed by atoms with Crippen molar-refractivity contribution in [3.8, 4) is 17.2 Å². The average Bonchev–Trinajstić information content (AvgIpc) is 3.75. The maximum atomic E-state index is 13.8. The van der Waals surface area contributed by atoms with E-state index >= 15 is 0 Å². The van der Waals surface area contributed by atoms with E-state index in [1.165, 1.54) is 28.2 Å². The van der Waals surface area contributed by atoms with E-state index in [1.54, 1.807) is 49.8 Å². The summed E-state index contributed by atoms with van der Waals surface area (Å²) in [6.07, 6.45) is 5.70. The smallest absolute Gasteiger partial charge is 0.335 e. The van der Waals surface area contributed by atoms with Gasteiger partial charge in [-0.15, -0.1) is 11.8 Å². The minimum Gasteiger partial charge on any atom is -0.870 e. The van der Waals surface area contributed by atoms with Gasteiger partial charge in [-0.1, -0.05) is 41.4 Å². The number of H-pyrrole nitrogens is 1. The normalized spacial score (nSPS) is 19.7. The Morgan fingerprint density at radius 1 is 1.09 bits per heavy atom. The van der Waals surface area contributed by atoms with E-state index in [9.17, 15) is 13.2 Å². The molecular formula is C29H30Cl2N2O8S2. The molecule has 3 aromatic rings. The molecule has 1 spiro atoms. The van der Waals surface area contributed by atoms with Crippen LogP contribution in [0.5, 0.6) is 17.2 Å². The highest BCUT2D eigenvalue weighted by atomic mass is 35.5. The van der Waals surface area contributed by atoms with E-state index in [0.29, 0.717) is 57.0 Å². The van der Waals surface area contributed by atoms with Crippen LogP contribution in [0.1, 0.15) is 42.9 Å². The summed E-state index contributed by atoms with van der Waals surface area (Å²) in [6.45, 7) is 0.176. The monoisotopic (exact) mass is 668 g/mol. The number of rotatable bonds is 8. The van der Waals surface area contributed by atoms with Gasteiger partial charge >= 0.3 is 5.97 Å². The summed E-state index contributed by atoms with van der Waals surface area (Å²) in [6, 6.07) is 11.6. The van der Waals surface area contributed by atoms with Crippen LogP contribution in [-0.2, 0) is 26.0 Å². The van der Waals surface area contributed by atoms with Gasteiger partial charge in [0.05, 0.1) is 12.0 Å². The lowest BCUT2D eigenvalue weighted by Crippen LogP contribution is -2.40. The Balaban J connectivity index is 0.00000368. The molecule has 3 heterocycles. The van der Waals surface area contributed by atoms with E-state index in [1.807, 2.05) is 0 Å². The Bertz CT molecular complexity index is 1580. The highest BCUT2D eigenvalue weighted by Gasteiger charge is 2.48. The van der Waals surface area contributed by atoms with E-state index < -0.39 is 33.3 Å². The van der Waals surface area contributed by atoms with Crippen molar-refractivity contribution in [3.63, 3.8) is 0 Å². The molecule has 230 valence electrons. The number of carbonyl (C=O) groups excluding carboxylic acids is 1. The zero-order valence-electron chi connectivity index (χ0n) is 23.1. The summed E-state index contributed by atoms with van der Waals surface area (Å²) < 4.78 is 52.7. The standard InChI is InChI=1S/C29H28Cl2N2O7S2.H2O/c1-37-23-10-9-19(25-26(23)40-29(39-25)11-5-6-12-29)24(15-20-21(30)16-32-17-22(20)31)38-28(34)27-33(13-14-41-27)42(35,36)18-7-3-2-4-8-18;/h2-4,7-10,16-17,24,27H,5-6,11-15H2,1H3;1H2/t24-,27-;/m0./s1. The molecule has 0 unspecified atom stereocenters. The molecule has 14 heteroatoms. The first-order chi connectivity index (χ1) is 20.2. The molecule has 2 aromatic carbocycles. The largest absolute Gasteiger partial charge is 0.870 e. The molecule has 0 bridgehead atoms. The first kappa shape index (κ1) is 31.7. The van der Waals surface area contributed by atoms with Crippen LogP contribution in [0.25, 0.3) is 0 Å². The highest BCUT2D eigenvalue weighted by molar-refractivity contribution is 8.02. The first-order valence-corrected chi connectivity index (χ1v) is 16.8. The third-order valence-corrected chi connectivity index (χ3v) is 11.5. The molecule has 1 aromatic heterocycles. The second-order valence-corrected chi connectivity index (χ2v) is 14.1. The fourth-order valence-electron chi connectivity index (χ4n) is 5.57. The topological polar surface area (TPSA) is 136 Å². The van der Waals surface area contributed by atoms with Crippen molar-refractivity contribution in [1.82, 2.24) is 4.31 Å². The minimum atomic E-state index is -3.94. The molecular weight excluding hydrogens is 639 g/mol. The summed E-state index contributed by atoms with van der Waals surface area (Å²) >= 11 is 14.2. The van der Waals surface area contributed by atoms with Crippen LogP contribution < -0.4 is 19.2 Å². The molecule has 0 radical (unpaired) electrons. The van der Waals surface area contributed by atoms with Crippen molar-refractivity contribution in [3.05, 3.63) is 76.0 Å². The Labute approximate surface area is 263 Å². The Hall–Kier alpha value is -2.74. The molecule has 1 saturated heterocycles. The van der Waals surface area contributed by atoms with Crippen molar-refractivity contribution >= 4 is 51.0 Å². The molecule has 2 aliphatic heterocycles. The number of pyridine rings is 1. The summed E-state index contributed by atoms with van der Waals surface area (Å²) in [5.74, 6) is 0.311. The molecule has 43 heavy (non-hydrogen) atoms. The van der Waals surface area contributed by atoms with Crippen LogP contribution in [-0.4, -0.2) is 54.7 Å². The molecule has 2 N–H and O–H groups in total. The van der Waals surface area contributed by atoms with Gasteiger partial charge in [0, 0.05) is 42.7 Å². The lowest BCUT2D eigenvalue weighted by molar-refractivity contribution is -0.377. The van der Waals surface area contributed by atoms with Crippen LogP contribution in [0.4, 0.5) is 0 Å². The highest BCUT2D eigenvalue weighted by Crippen LogP contribution is 2.54. The number of hydrogen-bond acceptors (Lipinski definition) is 9. The first-order valence-electron chi connectivity index (χ1n) is 13.5. The fourth-order valence-corrected chi connectivity index (χ4v) is 9.17. The second-order valence-electron chi connectivity index (χ2n) is 10.2. The number of ether oxygens (including phenoxy) is 4. The van der Waals surface area contributed by atoms with Gasteiger partial charge in [0.2, 0.25) is 15.8 Å². The number of nitrogens with zero attached hydrogens (tertiary/aromatic N) is 1. The number of fused-ring (bicyclic) bond motifs is 1. The van der Waals surface area contributed by atoms with Crippen molar-refractivity contribution < 1.29 is 42.6 Å². The lowest BCUT2D eigenvalue weighted by atomic mass is 10.00. The molecule has 1 saturated carbocycles. The van der Waals surface area contributed by atoms with Crippen molar-refractivity contribution in [2.75, 3.05) is 19.4 Å². The van der Waals surface area contributed by atoms with Gasteiger partial charge in [0.15, 0.2) is 29.3 Å². The maximum Gasteiger partial charge on any atom is 0.335 e. The van der Waals surface area contributed by atoms with Crippen molar-refractivity contribution in [1.29, 1.82) is 0 Å². The van der Waals surface area contributed by atoms with Crippen LogP contribution >= 0.6 is 35.0 Å². The number of thioether (sulfide) groups is 1. The summed E-state index contributed by atoms with van der Waals surface area (Å²) in [5, 5.41) is -0.347. The molecule has 2 atom stereocenters. The van der Waals surface area contributed by atoms with E-state index in [0.717, 1.165) is 12.8 Å². The van der Waals surface area contributed by atoms with Crippen molar-refractivity contribution in [2.24, 2.45) is 0 Å². The Morgan fingerprint density at radius 2 is 1.77 bits per heavy atom. The van der Waals surface area contributed by atoms with Gasteiger partial charge in [-0.05, 0) is 37.1 Å². The van der Waals surface area contributed by atoms with E-state index in [-0.39, 0.29) is 23.3 Å². The number of nitrogens with one attached hydrogen (secondary N) is 1. The molecule has 3 aliphatic rings. The fraction of sp³-hybridized carbons (Fsp3) is 0.379. The second kappa shape index (κ2) is 12.7. The number of methoxy groups -OCH3 is 1. The Kier molecular flexibility index (Phi) is 9.36. The van der Waals surface area contributed by atoms with Gasteiger partial charge in [-0.25, -0.2) is 18.2 Å². The molecule has 0 amide bonds. The summed E-state index contributed by atoms with van der Waals surface area (Å²) in [7, 11) is -2.38. The van der Waals surface area contributed by atoms with Gasteiger partial charge < -0.3 is 24.4 Å². The number of hydrogen-bond donors (Lipinski definition) is 0. The molecule has 1 aliphatic carbocycles. The zero-order chi connectivity index (χ0) is 29.5. The van der Waals surface area contributed by atoms with Gasteiger partial charge in [-0.3, -0.25) is 0 Å². The predicted molar refractivity (Wildman–Crippen MR) is 160 cm³/mol. The SMILES string of the molecule is COc1ccc([C@H](Cc2c(Cl)c[nH+]cc2Cl)OC(=O)[C@@H]2SCCN2S(=O)(=O)c2ccccc2)c2c1OC1(CCCC1)O2.[OH-]. The van der Waals surface area contributed by atoms with Crippen LogP contribution in [0.3, 0.4) is 0 Å². The third-order valence-electron chi connectivity index (χ3n) is 7.66. The lowest BCUT2D eigenvalue weighted by Gasteiger charge is -2.26. The molecule has 2 fully saturated rings. The van der Waals surface area contributed by atoms with E-state index in [2.05, 4.69) is 4.98 Å². The quantitative estimate of drug-likeness (QED) is 0.294. The third kappa shape index (κ3) is 6.01. The van der Waals surface area contributed by atoms with Crippen LogP contribution in [0, 0.1) is 0 Å². The number of aromatic nitrogens is 1. The summed E-state index contributed by atoms with van der Waals surface area (Å²) in [4.78, 5) is 16.8. The Morgan fingerprint density at radius 3 is 2.44 bits per heavy atom. The van der Waals surface area contributed by atoms with Gasteiger partial charge in [-0.2, -0.15) is 4.31 Å². The van der Waals surface area contributed by atoms with Gasteiger partial charge in [0.1, 0.15) is 16.1 Å². The minimum absolute atomic E-state index is 0. The molecule has 6 rings (SSSR count). The number of halogens is 2. The van der Waals surface area contributed by atoms with Crippen molar-refractivity contribution in [2.45, 2.75) is 54.3 Å². The maximum absolute atomic E-state index is 13.8. The summed E-state index contributed by atoms with van der Waals surface area (Å²) in [5.41, 5.74) is 1.10. The number of aromatic amines is 1. The van der Waals surface area contributed by atoms with Crippen LogP contribution in [0.15, 0.2) is 59.8 Å². The molecule has 10 nitrogen and oxygen atoms in total. The number of esters is 1. The number of carbonyl (C=O) groups is 1. The van der Waals surface area contributed by atoms with Gasteiger partial charge in [0.25, 0.3) is 5.79 Å². The zero-order valence-corrected chi connectivity index (χ0v) is 26.3. The predicted octanol–water partition coefficient (Wildman–Crippen LogP) is 5.27. The van der Waals surface area contributed by atoms with Crippen LogP contribution in [0.2, 0.25) is 10.0 Å².